The third kappa shape index (κ3) is 4.96. The molecule has 8 heteroatoms. The van der Waals surface area contributed by atoms with Gasteiger partial charge >= 0.3 is 6.01 Å². The highest BCUT2D eigenvalue weighted by Gasteiger charge is 2.12. The zero-order chi connectivity index (χ0) is 21.7. The summed E-state index contributed by atoms with van der Waals surface area (Å²) in [6.45, 7) is 9.34. The number of anilines is 4. The Balaban J connectivity index is 1.90. The van der Waals surface area contributed by atoms with Gasteiger partial charge in [0.2, 0.25) is 5.95 Å². The lowest BCUT2D eigenvalue weighted by Gasteiger charge is -2.15. The Hall–Kier alpha value is -3.81. The van der Waals surface area contributed by atoms with Crippen LogP contribution in [-0.4, -0.2) is 32.8 Å². The Morgan fingerprint density at radius 3 is 2.47 bits per heavy atom. The summed E-state index contributed by atoms with van der Waals surface area (Å²) in [4.78, 5) is 29.2. The highest BCUT2D eigenvalue weighted by Crippen LogP contribution is 2.25. The van der Waals surface area contributed by atoms with Crippen molar-refractivity contribution in [2.75, 3.05) is 17.7 Å². The van der Waals surface area contributed by atoms with Gasteiger partial charge in [-0.15, -0.1) is 0 Å². The number of hydrogen-bond donors (Lipinski definition) is 2. The first kappa shape index (κ1) is 20.9. The van der Waals surface area contributed by atoms with Crippen molar-refractivity contribution >= 4 is 29.1 Å². The second-order valence-electron chi connectivity index (χ2n) is 6.87. The molecular weight excluding hydrogens is 380 g/mol. The van der Waals surface area contributed by atoms with Crippen LogP contribution in [0.1, 0.15) is 22.3 Å². The Morgan fingerprint density at radius 1 is 1.07 bits per heavy atom. The van der Waals surface area contributed by atoms with Crippen LogP contribution in [0.5, 0.6) is 6.01 Å². The predicted molar refractivity (Wildman–Crippen MR) is 117 cm³/mol. The molecule has 0 fully saturated rings. The SMILES string of the molecule is C=CC(=O)Cc1cc(C)ccc1Nc1nc(Nc2nc(OC)ncc2C)ncc1C. The number of nitrogens with one attached hydrogen (secondary N) is 2. The third-order valence-corrected chi connectivity index (χ3v) is 4.44. The van der Waals surface area contributed by atoms with Crippen molar-refractivity contribution in [2.24, 2.45) is 0 Å². The van der Waals surface area contributed by atoms with Crippen LogP contribution >= 0.6 is 0 Å². The second-order valence-corrected chi connectivity index (χ2v) is 6.87. The number of nitrogens with zero attached hydrogens (tertiary/aromatic N) is 4. The molecule has 0 atom stereocenters. The minimum Gasteiger partial charge on any atom is -0.467 e. The van der Waals surface area contributed by atoms with E-state index in [2.05, 4.69) is 37.1 Å². The van der Waals surface area contributed by atoms with Gasteiger partial charge in [-0.1, -0.05) is 24.3 Å². The molecule has 0 spiro atoms. The Bertz CT molecular complexity index is 1100. The fraction of sp³-hybridized carbons (Fsp3) is 0.227. The van der Waals surface area contributed by atoms with E-state index in [0.717, 1.165) is 27.9 Å². The van der Waals surface area contributed by atoms with Crippen molar-refractivity contribution in [1.82, 2.24) is 19.9 Å². The van der Waals surface area contributed by atoms with Crippen LogP contribution in [-0.2, 0) is 11.2 Å². The summed E-state index contributed by atoms with van der Waals surface area (Å²) in [7, 11) is 1.51. The molecule has 0 saturated heterocycles. The first-order valence-corrected chi connectivity index (χ1v) is 9.39. The molecule has 0 bridgehead atoms. The van der Waals surface area contributed by atoms with Crippen molar-refractivity contribution in [3.8, 4) is 6.01 Å². The fourth-order valence-electron chi connectivity index (χ4n) is 2.76. The Kier molecular flexibility index (Phi) is 6.36. The van der Waals surface area contributed by atoms with Gasteiger partial charge in [0.1, 0.15) is 11.6 Å². The normalized spacial score (nSPS) is 10.4. The Labute approximate surface area is 175 Å². The van der Waals surface area contributed by atoms with Gasteiger partial charge in [0.15, 0.2) is 5.78 Å². The van der Waals surface area contributed by atoms with Crippen molar-refractivity contribution in [2.45, 2.75) is 27.2 Å². The number of carbonyl (C=O) groups is 1. The summed E-state index contributed by atoms with van der Waals surface area (Å²) in [6.07, 6.45) is 4.98. The number of ketones is 1. The Morgan fingerprint density at radius 2 is 1.77 bits per heavy atom. The molecule has 2 heterocycles. The van der Waals surface area contributed by atoms with Gasteiger partial charge in [-0.25, -0.2) is 9.97 Å². The lowest BCUT2D eigenvalue weighted by molar-refractivity contribution is -0.114. The number of methoxy groups -OCH3 is 1. The molecule has 0 radical (unpaired) electrons. The molecule has 2 N–H and O–H groups in total. The maximum absolute atomic E-state index is 11.9. The van der Waals surface area contributed by atoms with Crippen molar-refractivity contribution in [1.29, 1.82) is 0 Å². The van der Waals surface area contributed by atoms with E-state index >= 15 is 0 Å². The summed E-state index contributed by atoms with van der Waals surface area (Å²) in [6, 6.07) is 6.16. The maximum Gasteiger partial charge on any atom is 0.318 e. The van der Waals surface area contributed by atoms with E-state index < -0.39 is 0 Å². The number of rotatable bonds is 8. The van der Waals surface area contributed by atoms with Crippen molar-refractivity contribution < 1.29 is 9.53 Å². The molecule has 0 aliphatic carbocycles. The fourth-order valence-corrected chi connectivity index (χ4v) is 2.76. The van der Waals surface area contributed by atoms with Crippen LogP contribution in [0.25, 0.3) is 0 Å². The number of benzene rings is 1. The lowest BCUT2D eigenvalue weighted by atomic mass is 10.0. The van der Waals surface area contributed by atoms with Gasteiger partial charge < -0.3 is 15.4 Å². The molecule has 0 saturated carbocycles. The number of carbonyl (C=O) groups excluding carboxylic acids is 1. The standard InChI is InChI=1S/C22H24N6O2/c1-6-17(29)10-16-9-13(2)7-8-18(16)25-19-14(3)11-23-21(26-19)27-20-15(4)12-24-22(28-20)30-5/h6-9,11-12H,1,10H2,2-5H3,(H2,23,24,25,26,27,28). The number of allylic oxidation sites excluding steroid dienone is 1. The van der Waals surface area contributed by atoms with E-state index in [9.17, 15) is 4.79 Å². The van der Waals surface area contributed by atoms with E-state index in [0.29, 0.717) is 17.6 Å². The van der Waals surface area contributed by atoms with Crippen molar-refractivity contribution in [3.63, 3.8) is 0 Å². The van der Waals surface area contributed by atoms with Crippen LogP contribution in [0.2, 0.25) is 0 Å². The quantitative estimate of drug-likeness (QED) is 0.544. The van der Waals surface area contributed by atoms with Crippen molar-refractivity contribution in [3.05, 3.63) is 65.5 Å². The summed E-state index contributed by atoms with van der Waals surface area (Å²) in [5, 5.41) is 6.43. The van der Waals surface area contributed by atoms with E-state index in [4.69, 9.17) is 4.74 Å². The van der Waals surface area contributed by atoms with E-state index in [1.165, 1.54) is 13.2 Å². The lowest BCUT2D eigenvalue weighted by Crippen LogP contribution is -2.07. The van der Waals surface area contributed by atoms with Gasteiger partial charge in [0, 0.05) is 35.6 Å². The number of hydrogen-bond acceptors (Lipinski definition) is 8. The third-order valence-electron chi connectivity index (χ3n) is 4.44. The van der Waals surface area contributed by atoms with E-state index in [1.54, 1.807) is 12.4 Å². The zero-order valence-electron chi connectivity index (χ0n) is 17.5. The van der Waals surface area contributed by atoms with Crippen LogP contribution in [0.4, 0.5) is 23.3 Å². The minimum atomic E-state index is -0.0430. The summed E-state index contributed by atoms with van der Waals surface area (Å²) >= 11 is 0. The highest BCUT2D eigenvalue weighted by molar-refractivity contribution is 5.92. The second kappa shape index (κ2) is 9.13. The van der Waals surface area contributed by atoms with Gasteiger partial charge in [-0.3, -0.25) is 4.79 Å². The van der Waals surface area contributed by atoms with Crippen LogP contribution < -0.4 is 15.4 Å². The molecule has 1 aromatic carbocycles. The first-order valence-electron chi connectivity index (χ1n) is 9.39. The molecular formula is C22H24N6O2. The van der Waals surface area contributed by atoms with Gasteiger partial charge in [0.25, 0.3) is 0 Å². The average molecular weight is 404 g/mol. The van der Waals surface area contributed by atoms with Gasteiger partial charge in [-0.2, -0.15) is 9.97 Å². The molecule has 30 heavy (non-hydrogen) atoms. The largest absolute Gasteiger partial charge is 0.467 e. The molecule has 0 unspecified atom stereocenters. The van der Waals surface area contributed by atoms with Crippen LogP contribution in [0.3, 0.4) is 0 Å². The summed E-state index contributed by atoms with van der Waals surface area (Å²) in [5.41, 5.74) is 4.45. The monoisotopic (exact) mass is 404 g/mol. The molecule has 3 aromatic rings. The van der Waals surface area contributed by atoms with E-state index in [1.807, 2.05) is 39.0 Å². The number of aromatic nitrogens is 4. The summed E-state index contributed by atoms with van der Waals surface area (Å²) in [5.74, 6) is 1.52. The smallest absolute Gasteiger partial charge is 0.318 e. The van der Waals surface area contributed by atoms with Gasteiger partial charge in [-0.05, 0) is 38.5 Å². The number of ether oxygens (including phenoxy) is 1. The predicted octanol–water partition coefficient (Wildman–Crippen LogP) is 3.99. The molecule has 2 aromatic heterocycles. The summed E-state index contributed by atoms with van der Waals surface area (Å²) < 4.78 is 5.08. The zero-order valence-corrected chi connectivity index (χ0v) is 17.5. The average Bonchev–Trinajstić information content (AvgIpc) is 2.73. The first-order chi connectivity index (χ1) is 14.4. The maximum atomic E-state index is 11.9. The molecule has 3 rings (SSSR count). The number of aryl methyl sites for hydroxylation is 3. The molecule has 0 aliphatic heterocycles. The van der Waals surface area contributed by atoms with E-state index in [-0.39, 0.29) is 18.2 Å². The minimum absolute atomic E-state index is 0.0430. The topological polar surface area (TPSA) is 102 Å². The molecule has 8 nitrogen and oxygen atoms in total. The highest BCUT2D eigenvalue weighted by atomic mass is 16.5. The molecule has 0 amide bonds. The van der Waals surface area contributed by atoms with Gasteiger partial charge in [0.05, 0.1) is 7.11 Å². The van der Waals surface area contributed by atoms with Crippen LogP contribution in [0.15, 0.2) is 43.2 Å². The molecule has 0 aliphatic rings. The van der Waals surface area contributed by atoms with Crippen LogP contribution in [0, 0.1) is 20.8 Å². The molecule has 154 valence electrons.